The minimum absolute atomic E-state index is 0.0187. The summed E-state index contributed by atoms with van der Waals surface area (Å²) in [6.07, 6.45) is -1.73. The number of aryl methyl sites for hydroxylation is 1. The second-order valence-corrected chi connectivity index (χ2v) is 10.4. The van der Waals surface area contributed by atoms with E-state index in [0.29, 0.717) is 40.4 Å². The first kappa shape index (κ1) is 28.6. The molecule has 4 N–H and O–H groups in total. The van der Waals surface area contributed by atoms with E-state index in [2.05, 4.69) is 20.8 Å². The zero-order valence-electron chi connectivity index (χ0n) is 21.9. The molecule has 1 heterocycles. The highest BCUT2D eigenvalue weighted by atomic mass is 35.5. The van der Waals surface area contributed by atoms with E-state index in [1.807, 2.05) is 0 Å². The molecule has 1 aliphatic carbocycles. The lowest BCUT2D eigenvalue weighted by atomic mass is 9.97. The molecule has 1 amide bonds. The number of anilines is 1. The molecular formula is C29H27ClF3N5O3. The number of nitrogens with zero attached hydrogens (tertiary/aromatic N) is 3. The normalized spacial score (nSPS) is 17.1. The topological polar surface area (TPSA) is 112 Å². The van der Waals surface area contributed by atoms with E-state index in [0.717, 1.165) is 12.5 Å². The van der Waals surface area contributed by atoms with Crippen molar-refractivity contribution in [2.75, 3.05) is 5.32 Å². The zero-order chi connectivity index (χ0) is 29.3. The molecule has 214 valence electrons. The molecule has 1 aliphatic rings. The highest BCUT2D eigenvalue weighted by Crippen LogP contribution is 2.41. The largest absolute Gasteiger partial charge is 0.505 e. The Morgan fingerprint density at radius 1 is 1.12 bits per heavy atom. The highest BCUT2D eigenvalue weighted by Gasteiger charge is 2.36. The van der Waals surface area contributed by atoms with Crippen LogP contribution >= 0.6 is 11.6 Å². The summed E-state index contributed by atoms with van der Waals surface area (Å²) in [5.74, 6) is -1.23. The van der Waals surface area contributed by atoms with Gasteiger partial charge in [-0.25, -0.2) is 0 Å². The van der Waals surface area contributed by atoms with Gasteiger partial charge in [-0.3, -0.25) is 4.79 Å². The van der Waals surface area contributed by atoms with Crippen molar-refractivity contribution in [1.82, 2.24) is 20.1 Å². The van der Waals surface area contributed by atoms with Gasteiger partial charge in [-0.15, -0.1) is 10.2 Å². The van der Waals surface area contributed by atoms with Gasteiger partial charge in [-0.05, 0) is 72.4 Å². The minimum Gasteiger partial charge on any atom is -0.505 e. The van der Waals surface area contributed by atoms with Gasteiger partial charge in [0.25, 0.3) is 5.91 Å². The Kier molecular flexibility index (Phi) is 8.03. The van der Waals surface area contributed by atoms with E-state index in [4.69, 9.17) is 11.6 Å². The van der Waals surface area contributed by atoms with Crippen LogP contribution in [0.15, 0.2) is 60.9 Å². The van der Waals surface area contributed by atoms with Crippen molar-refractivity contribution < 1.29 is 28.2 Å². The van der Waals surface area contributed by atoms with E-state index >= 15 is 0 Å². The Morgan fingerprint density at radius 2 is 1.93 bits per heavy atom. The predicted octanol–water partition coefficient (Wildman–Crippen LogP) is 5.78. The number of amides is 1. The molecular weight excluding hydrogens is 559 g/mol. The lowest BCUT2D eigenvalue weighted by molar-refractivity contribution is -0.138. The first-order chi connectivity index (χ1) is 19.5. The van der Waals surface area contributed by atoms with Gasteiger partial charge in [0.2, 0.25) is 0 Å². The van der Waals surface area contributed by atoms with E-state index in [9.17, 15) is 28.2 Å². The summed E-state index contributed by atoms with van der Waals surface area (Å²) >= 11 is 6.24. The predicted molar refractivity (Wildman–Crippen MR) is 148 cm³/mol. The summed E-state index contributed by atoms with van der Waals surface area (Å²) in [4.78, 5) is 13.3. The standard InChI is InChI=1S/C29H27ClF3N5O3/c1-38-15-35-37-27(38)21-13-19(30)8-9-20(21)17-4-2-5-18(12-17)28(41)36-24-11-16(10-22(26(24)40)29(31,32)33)14-34-23-6-3-7-25(23)39/h2,4-5,8-13,15,23,25,34,39-40H,3,6-7,14H2,1H3,(H,36,41)/t23-,25+/m1/s1. The van der Waals surface area contributed by atoms with Gasteiger partial charge in [0.1, 0.15) is 6.33 Å². The van der Waals surface area contributed by atoms with Crippen LogP contribution in [0.4, 0.5) is 18.9 Å². The Labute approximate surface area is 238 Å². The fraction of sp³-hybridized carbons (Fsp3) is 0.276. The number of halogens is 4. The molecule has 3 aromatic carbocycles. The van der Waals surface area contributed by atoms with Crippen LogP contribution in [-0.4, -0.2) is 43.0 Å². The lowest BCUT2D eigenvalue weighted by Gasteiger charge is -2.19. The molecule has 0 unspecified atom stereocenters. The number of hydrogen-bond donors (Lipinski definition) is 4. The third kappa shape index (κ3) is 6.22. The molecule has 1 aromatic heterocycles. The third-order valence-corrected chi connectivity index (χ3v) is 7.38. The number of phenols is 1. The SMILES string of the molecule is Cn1cnnc1-c1cc(Cl)ccc1-c1cccc(C(=O)Nc2cc(CN[C@@H]3CCC[C@@H]3O)cc(C(F)(F)F)c2O)c1. The molecule has 12 heteroatoms. The number of aliphatic hydroxyl groups is 1. The van der Waals surface area contributed by atoms with Crippen LogP contribution in [0.1, 0.15) is 40.7 Å². The Hall–Kier alpha value is -3.93. The average molecular weight is 586 g/mol. The number of aliphatic hydroxyl groups excluding tert-OH is 1. The van der Waals surface area contributed by atoms with Crippen LogP contribution in [0.25, 0.3) is 22.5 Å². The van der Waals surface area contributed by atoms with Crippen molar-refractivity contribution >= 4 is 23.2 Å². The number of aromatic nitrogens is 3. The van der Waals surface area contributed by atoms with Crippen LogP contribution < -0.4 is 10.6 Å². The summed E-state index contributed by atoms with van der Waals surface area (Å²) in [5.41, 5.74) is 0.757. The molecule has 0 saturated heterocycles. The molecule has 1 fully saturated rings. The first-order valence-corrected chi connectivity index (χ1v) is 13.3. The number of carbonyl (C=O) groups is 1. The molecule has 41 heavy (non-hydrogen) atoms. The van der Waals surface area contributed by atoms with Crippen molar-refractivity contribution in [2.24, 2.45) is 7.05 Å². The molecule has 0 aliphatic heterocycles. The second kappa shape index (κ2) is 11.5. The van der Waals surface area contributed by atoms with Crippen LogP contribution in [-0.2, 0) is 19.8 Å². The van der Waals surface area contributed by atoms with E-state index in [-0.39, 0.29) is 29.4 Å². The van der Waals surface area contributed by atoms with Crippen molar-refractivity contribution in [3.63, 3.8) is 0 Å². The molecule has 0 radical (unpaired) electrons. The molecule has 8 nitrogen and oxygen atoms in total. The fourth-order valence-electron chi connectivity index (χ4n) is 5.04. The number of carbonyl (C=O) groups excluding carboxylic acids is 1. The van der Waals surface area contributed by atoms with E-state index < -0.39 is 29.5 Å². The molecule has 4 aromatic rings. The zero-order valence-corrected chi connectivity index (χ0v) is 22.7. The van der Waals surface area contributed by atoms with Crippen molar-refractivity contribution in [3.8, 4) is 28.3 Å². The molecule has 0 bridgehead atoms. The summed E-state index contributed by atoms with van der Waals surface area (Å²) in [5, 5.41) is 34.6. The number of aromatic hydroxyl groups is 1. The van der Waals surface area contributed by atoms with E-state index in [1.165, 1.54) is 12.1 Å². The van der Waals surface area contributed by atoms with Crippen molar-refractivity contribution in [2.45, 2.75) is 44.1 Å². The molecule has 0 spiro atoms. The second-order valence-electron chi connectivity index (χ2n) is 10.0. The smallest absolute Gasteiger partial charge is 0.420 e. The van der Waals surface area contributed by atoms with Crippen LogP contribution in [0.2, 0.25) is 5.02 Å². The van der Waals surface area contributed by atoms with Crippen LogP contribution in [0.5, 0.6) is 5.75 Å². The average Bonchev–Trinajstić information content (AvgIpc) is 3.55. The lowest BCUT2D eigenvalue weighted by Crippen LogP contribution is -2.35. The quantitative estimate of drug-likeness (QED) is 0.205. The fourth-order valence-corrected chi connectivity index (χ4v) is 5.21. The van der Waals surface area contributed by atoms with Gasteiger partial charge in [-0.1, -0.05) is 29.8 Å². The number of rotatable bonds is 7. The number of alkyl halides is 3. The Bertz CT molecular complexity index is 1590. The summed E-state index contributed by atoms with van der Waals surface area (Å²) in [7, 11) is 1.78. The van der Waals surface area contributed by atoms with Crippen LogP contribution in [0.3, 0.4) is 0 Å². The van der Waals surface area contributed by atoms with Gasteiger partial charge < -0.3 is 25.4 Å². The van der Waals surface area contributed by atoms with Crippen LogP contribution in [0, 0.1) is 0 Å². The van der Waals surface area contributed by atoms with E-state index in [1.54, 1.807) is 54.3 Å². The maximum absolute atomic E-state index is 13.8. The highest BCUT2D eigenvalue weighted by molar-refractivity contribution is 6.31. The van der Waals surface area contributed by atoms with Crippen molar-refractivity contribution in [3.05, 3.63) is 82.6 Å². The summed E-state index contributed by atoms with van der Waals surface area (Å²) in [6, 6.07) is 13.6. The van der Waals surface area contributed by atoms with Gasteiger partial charge >= 0.3 is 6.18 Å². The minimum atomic E-state index is -4.85. The third-order valence-electron chi connectivity index (χ3n) is 7.14. The number of phenolic OH excluding ortho intramolecular Hbond substituents is 1. The molecule has 5 rings (SSSR count). The number of nitrogens with one attached hydrogen (secondary N) is 2. The maximum Gasteiger partial charge on any atom is 0.420 e. The van der Waals surface area contributed by atoms with Gasteiger partial charge in [0.05, 0.1) is 17.4 Å². The van der Waals surface area contributed by atoms with Gasteiger partial charge in [0, 0.05) is 35.8 Å². The first-order valence-electron chi connectivity index (χ1n) is 12.9. The Balaban J connectivity index is 1.45. The molecule has 2 atom stereocenters. The Morgan fingerprint density at radius 3 is 2.61 bits per heavy atom. The van der Waals surface area contributed by atoms with Gasteiger partial charge in [-0.2, -0.15) is 13.2 Å². The number of benzene rings is 3. The molecule has 1 saturated carbocycles. The number of hydrogen-bond acceptors (Lipinski definition) is 6. The summed E-state index contributed by atoms with van der Waals surface area (Å²) < 4.78 is 43.0. The van der Waals surface area contributed by atoms with Gasteiger partial charge in [0.15, 0.2) is 11.6 Å². The van der Waals surface area contributed by atoms with Crippen molar-refractivity contribution in [1.29, 1.82) is 0 Å². The summed E-state index contributed by atoms with van der Waals surface area (Å²) in [6.45, 7) is 0.0187. The maximum atomic E-state index is 13.8. The monoisotopic (exact) mass is 585 g/mol.